The first-order valence-corrected chi connectivity index (χ1v) is 4.70. The Morgan fingerprint density at radius 1 is 1.64 bits per heavy atom. The number of benzene rings is 1. The molecule has 1 rings (SSSR count). The number of carbonyl (C=O) groups excluding carboxylic acids is 1. The van der Waals surface area contributed by atoms with E-state index < -0.39 is 6.23 Å². The highest BCUT2D eigenvalue weighted by molar-refractivity contribution is 6.31. The summed E-state index contributed by atoms with van der Waals surface area (Å²) in [6, 6.07) is 6.63. The number of ketones is 1. The Labute approximate surface area is 87.8 Å². The molecule has 0 aliphatic carbocycles. The summed E-state index contributed by atoms with van der Waals surface area (Å²) in [6.45, 7) is 2.19. The topological polar surface area (TPSA) is 52.3 Å². The number of hydrogen-bond donors (Lipinski definition) is 1. The number of halogens is 1. The predicted octanol–water partition coefficient (Wildman–Crippen LogP) is 1.84. The van der Waals surface area contributed by atoms with Crippen molar-refractivity contribution in [1.82, 2.24) is 0 Å². The summed E-state index contributed by atoms with van der Waals surface area (Å²) in [6.07, 6.45) is -0.904. The van der Waals surface area contributed by atoms with E-state index in [1.807, 2.05) is 0 Å². The van der Waals surface area contributed by atoms with Gasteiger partial charge in [-0.05, 0) is 19.1 Å². The Morgan fingerprint density at radius 2 is 2.36 bits per heavy atom. The van der Waals surface area contributed by atoms with E-state index in [1.54, 1.807) is 31.2 Å². The third kappa shape index (κ3) is 2.80. The highest BCUT2D eigenvalue weighted by Crippen LogP contribution is 2.12. The van der Waals surface area contributed by atoms with Gasteiger partial charge in [-0.15, -0.1) is 0 Å². The van der Waals surface area contributed by atoms with Crippen LogP contribution in [0.1, 0.15) is 17.3 Å². The van der Waals surface area contributed by atoms with Gasteiger partial charge in [-0.2, -0.15) is 0 Å². The smallest absolute Gasteiger partial charge is 0.206 e. The summed E-state index contributed by atoms with van der Waals surface area (Å²) in [4.78, 5) is 11.6. The van der Waals surface area contributed by atoms with E-state index in [1.165, 1.54) is 0 Å². The molecule has 1 unspecified atom stereocenters. The maximum absolute atomic E-state index is 11.6. The van der Waals surface area contributed by atoms with Crippen LogP contribution in [0.5, 0.6) is 0 Å². The number of nitrogens with two attached hydrogens (primary N) is 1. The lowest BCUT2D eigenvalue weighted by Gasteiger charge is -2.10. The van der Waals surface area contributed by atoms with Crippen LogP contribution in [0.2, 0.25) is 5.02 Å². The van der Waals surface area contributed by atoms with Crippen LogP contribution in [0, 0.1) is 0 Å². The van der Waals surface area contributed by atoms with Crippen molar-refractivity contribution >= 4 is 17.4 Å². The number of rotatable bonds is 4. The van der Waals surface area contributed by atoms with Crippen LogP contribution in [-0.2, 0) is 4.74 Å². The van der Waals surface area contributed by atoms with Gasteiger partial charge in [0.15, 0.2) is 6.23 Å². The van der Waals surface area contributed by atoms with Crippen molar-refractivity contribution in [1.29, 1.82) is 0 Å². The Kier molecular flexibility index (Phi) is 4.07. The molecule has 0 spiro atoms. The summed E-state index contributed by atoms with van der Waals surface area (Å²) in [5.74, 6) is -0.255. The molecule has 4 heteroatoms. The lowest BCUT2D eigenvalue weighted by molar-refractivity contribution is 0.0479. The number of Topliss-reactive ketones (excluding diaryl/α,β-unsaturated/α-hetero) is 1. The van der Waals surface area contributed by atoms with Crippen LogP contribution in [0.4, 0.5) is 0 Å². The van der Waals surface area contributed by atoms with Gasteiger partial charge in [0, 0.05) is 17.2 Å². The third-order valence-electron chi connectivity index (χ3n) is 1.71. The quantitative estimate of drug-likeness (QED) is 0.614. The van der Waals surface area contributed by atoms with E-state index >= 15 is 0 Å². The molecule has 0 saturated carbocycles. The van der Waals surface area contributed by atoms with Crippen molar-refractivity contribution < 1.29 is 9.53 Å². The molecular weight excluding hydrogens is 202 g/mol. The molecule has 14 heavy (non-hydrogen) atoms. The average molecular weight is 214 g/mol. The highest BCUT2D eigenvalue weighted by Gasteiger charge is 2.15. The molecule has 1 aromatic rings. The van der Waals surface area contributed by atoms with Crippen LogP contribution in [0.15, 0.2) is 24.3 Å². The summed E-state index contributed by atoms with van der Waals surface area (Å²) in [7, 11) is 0. The minimum Gasteiger partial charge on any atom is -0.356 e. The molecule has 1 atom stereocenters. The van der Waals surface area contributed by atoms with Gasteiger partial charge in [0.2, 0.25) is 5.78 Å². The number of hydrogen-bond acceptors (Lipinski definition) is 3. The molecule has 0 aromatic heterocycles. The van der Waals surface area contributed by atoms with Gasteiger partial charge in [-0.25, -0.2) is 0 Å². The normalized spacial score (nSPS) is 12.5. The first-order valence-electron chi connectivity index (χ1n) is 4.32. The van der Waals surface area contributed by atoms with E-state index in [-0.39, 0.29) is 5.78 Å². The number of carbonyl (C=O) groups is 1. The van der Waals surface area contributed by atoms with Crippen LogP contribution in [0.25, 0.3) is 0 Å². The molecule has 2 N–H and O–H groups in total. The predicted molar refractivity (Wildman–Crippen MR) is 55.4 cm³/mol. The lowest BCUT2D eigenvalue weighted by Crippen LogP contribution is -2.33. The maximum Gasteiger partial charge on any atom is 0.206 e. The van der Waals surface area contributed by atoms with Gasteiger partial charge < -0.3 is 4.74 Å². The van der Waals surface area contributed by atoms with E-state index in [4.69, 9.17) is 22.1 Å². The SMILES string of the molecule is CCOC(N)C(=O)c1cccc(Cl)c1. The average Bonchev–Trinajstić information content (AvgIpc) is 2.17. The van der Waals surface area contributed by atoms with Crippen LogP contribution < -0.4 is 5.73 Å². The Hall–Kier alpha value is -0.900. The van der Waals surface area contributed by atoms with Gasteiger partial charge in [0.1, 0.15) is 0 Å². The summed E-state index contributed by atoms with van der Waals surface area (Å²) < 4.78 is 4.98. The molecule has 0 amide bonds. The molecule has 76 valence electrons. The maximum atomic E-state index is 11.6. The van der Waals surface area contributed by atoms with Crippen LogP contribution >= 0.6 is 11.6 Å². The second-order valence-corrected chi connectivity index (χ2v) is 3.19. The van der Waals surface area contributed by atoms with Gasteiger partial charge in [-0.1, -0.05) is 23.7 Å². The largest absolute Gasteiger partial charge is 0.356 e. The highest BCUT2D eigenvalue weighted by atomic mass is 35.5. The first-order chi connectivity index (χ1) is 6.65. The molecular formula is C10H12ClNO2. The Balaban J connectivity index is 2.78. The minimum absolute atomic E-state index is 0.255. The van der Waals surface area contributed by atoms with E-state index in [9.17, 15) is 4.79 Å². The van der Waals surface area contributed by atoms with Gasteiger partial charge in [-0.3, -0.25) is 10.5 Å². The molecule has 1 aromatic carbocycles. The molecule has 0 heterocycles. The van der Waals surface area contributed by atoms with Crippen LogP contribution in [-0.4, -0.2) is 18.6 Å². The molecule has 0 fully saturated rings. The minimum atomic E-state index is -0.904. The zero-order chi connectivity index (χ0) is 10.6. The second kappa shape index (κ2) is 5.10. The monoisotopic (exact) mass is 213 g/mol. The van der Waals surface area contributed by atoms with E-state index in [0.29, 0.717) is 17.2 Å². The zero-order valence-electron chi connectivity index (χ0n) is 7.87. The molecule has 0 saturated heterocycles. The van der Waals surface area contributed by atoms with E-state index in [2.05, 4.69) is 0 Å². The van der Waals surface area contributed by atoms with Crippen LogP contribution in [0.3, 0.4) is 0 Å². The fourth-order valence-corrected chi connectivity index (χ4v) is 1.25. The fourth-order valence-electron chi connectivity index (χ4n) is 1.06. The van der Waals surface area contributed by atoms with Crippen molar-refractivity contribution in [3.05, 3.63) is 34.9 Å². The summed E-state index contributed by atoms with van der Waals surface area (Å²) in [5.41, 5.74) is 5.97. The molecule has 0 aliphatic heterocycles. The summed E-state index contributed by atoms with van der Waals surface area (Å²) in [5, 5.41) is 0.513. The first kappa shape index (κ1) is 11.2. The van der Waals surface area contributed by atoms with Crippen molar-refractivity contribution in [2.45, 2.75) is 13.2 Å². The standard InChI is InChI=1S/C10H12ClNO2/c1-2-14-10(12)9(13)7-4-3-5-8(11)6-7/h3-6,10H,2,12H2,1H3. The zero-order valence-corrected chi connectivity index (χ0v) is 8.62. The van der Waals surface area contributed by atoms with Crippen molar-refractivity contribution in [3.63, 3.8) is 0 Å². The van der Waals surface area contributed by atoms with Gasteiger partial charge in [0.05, 0.1) is 0 Å². The van der Waals surface area contributed by atoms with Crippen molar-refractivity contribution in [3.8, 4) is 0 Å². The second-order valence-electron chi connectivity index (χ2n) is 2.75. The van der Waals surface area contributed by atoms with Gasteiger partial charge >= 0.3 is 0 Å². The lowest BCUT2D eigenvalue weighted by atomic mass is 10.1. The van der Waals surface area contributed by atoms with Crippen molar-refractivity contribution in [2.24, 2.45) is 5.73 Å². The molecule has 0 aliphatic rings. The van der Waals surface area contributed by atoms with Crippen molar-refractivity contribution in [2.75, 3.05) is 6.61 Å². The Morgan fingerprint density at radius 3 is 2.93 bits per heavy atom. The van der Waals surface area contributed by atoms with Gasteiger partial charge in [0.25, 0.3) is 0 Å². The molecule has 0 radical (unpaired) electrons. The number of ether oxygens (including phenoxy) is 1. The van der Waals surface area contributed by atoms with E-state index in [0.717, 1.165) is 0 Å². The fraction of sp³-hybridized carbons (Fsp3) is 0.300. The third-order valence-corrected chi connectivity index (χ3v) is 1.95. The molecule has 3 nitrogen and oxygen atoms in total. The molecule has 0 bridgehead atoms. The summed E-state index contributed by atoms with van der Waals surface area (Å²) >= 11 is 5.74. The Bertz CT molecular complexity index is 328.